The van der Waals surface area contributed by atoms with Crippen molar-refractivity contribution in [3.05, 3.63) is 94.5 Å². The van der Waals surface area contributed by atoms with Crippen molar-refractivity contribution in [1.82, 2.24) is 5.01 Å². The zero-order valence-corrected chi connectivity index (χ0v) is 19.0. The number of hydrazone groups is 1. The van der Waals surface area contributed by atoms with E-state index >= 15 is 0 Å². The molecule has 7 rings (SSSR count). The second kappa shape index (κ2) is 8.14. The third-order valence-electron chi connectivity index (χ3n) is 7.27. The number of ether oxygens (including phenoxy) is 2. The van der Waals surface area contributed by atoms with E-state index in [1.165, 1.54) is 6.21 Å². The summed E-state index contributed by atoms with van der Waals surface area (Å²) in [7, 11) is 1.56. The highest BCUT2D eigenvalue weighted by atomic mass is 16.5. The largest absolute Gasteiger partial charge is 0.497 e. The van der Waals surface area contributed by atoms with Crippen LogP contribution in [0.4, 0.5) is 0 Å². The smallest absolute Gasteiger partial charge is 0.254 e. The van der Waals surface area contributed by atoms with Crippen molar-refractivity contribution in [2.75, 3.05) is 13.7 Å². The molecule has 6 heteroatoms. The number of nitrogens with zero attached hydrogens (tertiary/aromatic N) is 2. The van der Waals surface area contributed by atoms with Gasteiger partial charge in [0.05, 0.1) is 25.2 Å². The van der Waals surface area contributed by atoms with E-state index in [-0.39, 0.29) is 30.3 Å². The molecule has 1 aliphatic heterocycles. The number of carbonyl (C=O) groups excluding carboxylic acids is 2. The van der Waals surface area contributed by atoms with Crippen LogP contribution < -0.4 is 9.47 Å². The van der Waals surface area contributed by atoms with Crippen molar-refractivity contribution < 1.29 is 19.1 Å². The lowest BCUT2D eigenvalue weighted by atomic mass is 9.55. The van der Waals surface area contributed by atoms with E-state index in [1.54, 1.807) is 25.3 Å². The number of carbonyl (C=O) groups is 2. The fourth-order valence-electron chi connectivity index (χ4n) is 5.90. The van der Waals surface area contributed by atoms with Gasteiger partial charge in [-0.05, 0) is 40.5 Å². The molecule has 2 amide bonds. The highest BCUT2D eigenvalue weighted by Crippen LogP contribution is 2.60. The highest BCUT2D eigenvalue weighted by Gasteiger charge is 2.61. The molecule has 4 aliphatic rings. The van der Waals surface area contributed by atoms with Gasteiger partial charge in [-0.15, -0.1) is 6.42 Å². The van der Waals surface area contributed by atoms with Gasteiger partial charge in [0.15, 0.2) is 0 Å². The van der Waals surface area contributed by atoms with Crippen LogP contribution in [0.1, 0.15) is 39.7 Å². The molecule has 0 spiro atoms. The molecule has 0 unspecified atom stereocenters. The average Bonchev–Trinajstić information content (AvgIpc) is 3.16. The third-order valence-corrected chi connectivity index (χ3v) is 7.27. The fourth-order valence-corrected chi connectivity index (χ4v) is 5.90. The van der Waals surface area contributed by atoms with Gasteiger partial charge in [-0.1, -0.05) is 54.5 Å². The summed E-state index contributed by atoms with van der Waals surface area (Å²) in [6.07, 6.45) is 6.79. The quantitative estimate of drug-likeness (QED) is 0.327. The van der Waals surface area contributed by atoms with Crippen LogP contribution in [0.5, 0.6) is 11.5 Å². The van der Waals surface area contributed by atoms with Crippen LogP contribution >= 0.6 is 0 Å². The van der Waals surface area contributed by atoms with Gasteiger partial charge in [0.2, 0.25) is 0 Å². The van der Waals surface area contributed by atoms with Crippen LogP contribution in [-0.4, -0.2) is 36.8 Å². The van der Waals surface area contributed by atoms with Crippen LogP contribution in [-0.2, 0) is 9.59 Å². The van der Waals surface area contributed by atoms with Crippen LogP contribution in [0, 0.1) is 24.2 Å². The van der Waals surface area contributed by atoms with Crippen LogP contribution in [0.25, 0.3) is 0 Å². The Labute approximate surface area is 203 Å². The van der Waals surface area contributed by atoms with Crippen molar-refractivity contribution in [2.24, 2.45) is 16.9 Å². The number of amides is 2. The molecule has 1 fully saturated rings. The van der Waals surface area contributed by atoms with Crippen molar-refractivity contribution in [3.63, 3.8) is 0 Å². The predicted octanol–water partition coefficient (Wildman–Crippen LogP) is 3.93. The first kappa shape index (κ1) is 21.2. The molecule has 0 aromatic heterocycles. The molecule has 0 saturated carbocycles. The molecular formula is C29H22N2O4. The number of rotatable bonds is 5. The van der Waals surface area contributed by atoms with E-state index in [9.17, 15) is 9.59 Å². The maximum absolute atomic E-state index is 13.7. The lowest BCUT2D eigenvalue weighted by molar-refractivity contribution is -0.139. The van der Waals surface area contributed by atoms with Gasteiger partial charge in [-0.2, -0.15) is 10.1 Å². The first-order chi connectivity index (χ1) is 17.1. The standard InChI is InChI=1S/C29H22N2O4/c1-3-14-35-23-13-12-18(34-2)15-17(23)16-30-31-28(32)26-24-19-8-4-5-9-20(19)25(27(26)29(31)33)22-11-7-6-10-21(22)24/h1,4-13,15-16,24-27H,14H2,2H3/b30-16-/t24?,25?,26-,27-/m0/s1. The average molecular weight is 463 g/mol. The lowest BCUT2D eigenvalue weighted by Gasteiger charge is -2.45. The van der Waals surface area contributed by atoms with Crippen LogP contribution in [0.2, 0.25) is 0 Å². The maximum atomic E-state index is 13.7. The summed E-state index contributed by atoms with van der Waals surface area (Å²) >= 11 is 0. The summed E-state index contributed by atoms with van der Waals surface area (Å²) < 4.78 is 10.9. The first-order valence-electron chi connectivity index (χ1n) is 11.5. The zero-order valence-electron chi connectivity index (χ0n) is 19.0. The summed E-state index contributed by atoms with van der Waals surface area (Å²) in [4.78, 5) is 27.3. The van der Waals surface area contributed by atoms with Crippen LogP contribution in [0.3, 0.4) is 0 Å². The molecule has 0 radical (unpaired) electrons. The molecule has 172 valence electrons. The molecule has 2 atom stereocenters. The van der Waals surface area contributed by atoms with Gasteiger partial charge in [-0.3, -0.25) is 9.59 Å². The molecule has 6 nitrogen and oxygen atoms in total. The Morgan fingerprint density at radius 2 is 1.46 bits per heavy atom. The van der Waals surface area contributed by atoms with Crippen molar-refractivity contribution in [3.8, 4) is 23.8 Å². The van der Waals surface area contributed by atoms with Crippen LogP contribution in [0.15, 0.2) is 71.8 Å². The minimum absolute atomic E-state index is 0.0821. The fraction of sp³-hybridized carbons (Fsp3) is 0.207. The summed E-state index contributed by atoms with van der Waals surface area (Å²) in [6.45, 7) is 0.0821. The van der Waals surface area contributed by atoms with E-state index < -0.39 is 11.8 Å². The van der Waals surface area contributed by atoms with Crippen molar-refractivity contribution >= 4 is 18.0 Å². The summed E-state index contributed by atoms with van der Waals surface area (Å²) in [5.41, 5.74) is 5.07. The van der Waals surface area contributed by atoms with E-state index in [1.807, 2.05) is 24.3 Å². The minimum Gasteiger partial charge on any atom is -0.497 e. The lowest BCUT2D eigenvalue weighted by Crippen LogP contribution is -2.41. The third kappa shape index (κ3) is 3.08. The highest BCUT2D eigenvalue weighted by molar-refractivity contribution is 6.08. The molecule has 1 heterocycles. The normalized spacial score (nSPS) is 23.6. The minimum atomic E-state index is -0.475. The number of hydrogen-bond acceptors (Lipinski definition) is 5. The molecule has 3 aliphatic carbocycles. The van der Waals surface area contributed by atoms with E-state index in [0.29, 0.717) is 17.1 Å². The summed E-state index contributed by atoms with van der Waals surface area (Å²) in [5.74, 6) is 1.69. The molecular weight excluding hydrogens is 440 g/mol. The number of terminal acetylenes is 1. The van der Waals surface area contributed by atoms with Gasteiger partial charge < -0.3 is 9.47 Å². The van der Waals surface area contributed by atoms with Gasteiger partial charge in [-0.25, -0.2) is 0 Å². The van der Waals surface area contributed by atoms with Gasteiger partial charge in [0, 0.05) is 17.4 Å². The number of methoxy groups -OCH3 is 1. The predicted molar refractivity (Wildman–Crippen MR) is 130 cm³/mol. The zero-order chi connectivity index (χ0) is 24.1. The van der Waals surface area contributed by atoms with Gasteiger partial charge >= 0.3 is 0 Å². The maximum Gasteiger partial charge on any atom is 0.254 e. The topological polar surface area (TPSA) is 68.2 Å². The van der Waals surface area contributed by atoms with Gasteiger partial charge in [0.1, 0.15) is 18.1 Å². The van der Waals surface area contributed by atoms with Gasteiger partial charge in [0.25, 0.3) is 11.8 Å². The Bertz CT molecular complexity index is 1320. The molecule has 3 aromatic rings. The second-order valence-electron chi connectivity index (χ2n) is 8.89. The first-order valence-corrected chi connectivity index (χ1v) is 11.5. The van der Waals surface area contributed by atoms with Crippen molar-refractivity contribution in [2.45, 2.75) is 11.8 Å². The number of imide groups is 1. The summed E-state index contributed by atoms with van der Waals surface area (Å²) in [6, 6.07) is 21.5. The number of benzene rings is 3. The van der Waals surface area contributed by atoms with Crippen molar-refractivity contribution in [1.29, 1.82) is 0 Å². The Morgan fingerprint density at radius 1 is 0.914 bits per heavy atom. The Balaban J connectivity index is 1.40. The SMILES string of the molecule is C#CCOc1ccc(OC)cc1/C=N\N1C(=O)[C@H]2C3c4ccccc4C(c4ccccc43)[C@@H]2C1=O. The molecule has 35 heavy (non-hydrogen) atoms. The van der Waals surface area contributed by atoms with E-state index in [4.69, 9.17) is 15.9 Å². The Morgan fingerprint density at radius 3 is 1.94 bits per heavy atom. The Hall–Kier alpha value is -4.37. The molecule has 2 bridgehead atoms. The molecule has 0 N–H and O–H groups in total. The van der Waals surface area contributed by atoms with E-state index in [0.717, 1.165) is 27.3 Å². The molecule has 1 saturated heterocycles. The van der Waals surface area contributed by atoms with E-state index in [2.05, 4.69) is 35.3 Å². The number of hydrogen-bond donors (Lipinski definition) is 0. The molecule has 3 aromatic carbocycles. The Kier molecular flexibility index (Phi) is 4.93. The monoisotopic (exact) mass is 462 g/mol. The summed E-state index contributed by atoms with van der Waals surface area (Å²) in [5, 5.41) is 5.41. The second-order valence-corrected chi connectivity index (χ2v) is 8.89.